The lowest BCUT2D eigenvalue weighted by Gasteiger charge is -2.21. The molecule has 29 heavy (non-hydrogen) atoms. The zero-order valence-electron chi connectivity index (χ0n) is 17.4. The summed E-state index contributed by atoms with van der Waals surface area (Å²) in [4.78, 5) is 21.1. The van der Waals surface area contributed by atoms with Gasteiger partial charge in [0.1, 0.15) is 11.4 Å². The first-order chi connectivity index (χ1) is 13.8. The third-order valence-corrected chi connectivity index (χ3v) is 4.95. The number of carbonyl (C=O) groups is 1. The smallest absolute Gasteiger partial charge is 0.257 e. The van der Waals surface area contributed by atoms with Gasteiger partial charge in [0, 0.05) is 37.8 Å². The van der Waals surface area contributed by atoms with E-state index in [0.29, 0.717) is 5.82 Å². The number of nitrogens with zero attached hydrogens (tertiary/aromatic N) is 2. The molecule has 0 aliphatic carbocycles. The number of ether oxygens (including phenoxy) is 1. The van der Waals surface area contributed by atoms with Crippen molar-refractivity contribution in [1.29, 1.82) is 0 Å². The monoisotopic (exact) mass is 390 g/mol. The number of pyridine rings is 2. The summed E-state index contributed by atoms with van der Waals surface area (Å²) < 4.78 is 5.22. The highest BCUT2D eigenvalue weighted by Gasteiger charge is 2.27. The largest absolute Gasteiger partial charge is 0.388 e. The van der Waals surface area contributed by atoms with Gasteiger partial charge >= 0.3 is 0 Å². The number of amides is 1. The average Bonchev–Trinajstić information content (AvgIpc) is 2.74. The maximum absolute atomic E-state index is 12.4. The number of nitrogens with one attached hydrogen (secondary N) is 2. The van der Waals surface area contributed by atoms with E-state index in [1.54, 1.807) is 26.2 Å². The van der Waals surface area contributed by atoms with Gasteiger partial charge < -0.3 is 15.4 Å². The molecule has 3 aromatic rings. The molecule has 3 rings (SSSR count). The molecule has 0 atom stereocenters. The summed E-state index contributed by atoms with van der Waals surface area (Å²) in [6.07, 6.45) is 3.45. The van der Waals surface area contributed by atoms with Crippen LogP contribution in [0.1, 0.15) is 19.4 Å². The van der Waals surface area contributed by atoms with E-state index in [1.807, 2.05) is 31.3 Å². The van der Waals surface area contributed by atoms with E-state index in [4.69, 9.17) is 4.74 Å². The van der Waals surface area contributed by atoms with Crippen LogP contribution in [-0.4, -0.2) is 35.6 Å². The molecule has 0 fully saturated rings. The molecule has 0 saturated heterocycles. The third-order valence-electron chi connectivity index (χ3n) is 4.95. The fraction of sp³-hybridized carbons (Fsp3) is 0.261. The first-order valence-corrected chi connectivity index (χ1v) is 9.42. The van der Waals surface area contributed by atoms with Crippen molar-refractivity contribution in [3.05, 3.63) is 60.4 Å². The quantitative estimate of drug-likeness (QED) is 0.647. The Bertz CT molecular complexity index is 1030. The lowest BCUT2D eigenvalue weighted by molar-refractivity contribution is -0.133. The van der Waals surface area contributed by atoms with Crippen molar-refractivity contribution in [1.82, 2.24) is 9.97 Å². The van der Waals surface area contributed by atoms with Gasteiger partial charge in [-0.2, -0.15) is 0 Å². The summed E-state index contributed by atoms with van der Waals surface area (Å²) in [5, 5.41) is 5.98. The van der Waals surface area contributed by atoms with E-state index >= 15 is 0 Å². The Morgan fingerprint density at radius 2 is 1.72 bits per heavy atom. The van der Waals surface area contributed by atoms with E-state index in [9.17, 15) is 4.79 Å². The van der Waals surface area contributed by atoms with Gasteiger partial charge in [-0.25, -0.2) is 4.98 Å². The molecule has 2 heterocycles. The number of hydrogen-bond acceptors (Lipinski definition) is 5. The Morgan fingerprint density at radius 3 is 2.45 bits per heavy atom. The van der Waals surface area contributed by atoms with Crippen LogP contribution in [-0.2, 0) is 9.53 Å². The second-order valence-electron chi connectivity index (χ2n) is 7.31. The van der Waals surface area contributed by atoms with Crippen LogP contribution >= 0.6 is 0 Å². The van der Waals surface area contributed by atoms with Crippen molar-refractivity contribution in [3.8, 4) is 22.4 Å². The lowest BCUT2D eigenvalue weighted by atomic mass is 9.99. The van der Waals surface area contributed by atoms with Gasteiger partial charge in [-0.3, -0.25) is 9.78 Å². The number of benzene rings is 1. The maximum atomic E-state index is 12.4. The minimum absolute atomic E-state index is 0.258. The Balaban J connectivity index is 1.93. The minimum Gasteiger partial charge on any atom is -0.388 e. The fourth-order valence-electron chi connectivity index (χ4n) is 2.86. The van der Waals surface area contributed by atoms with E-state index in [0.717, 1.165) is 28.1 Å². The summed E-state index contributed by atoms with van der Waals surface area (Å²) in [6, 6.07) is 14.0. The standard InChI is InChI=1S/C23H26N4O2/c1-15-6-7-18(24-4)14-19(15)16-8-10-25-20(12-16)17-9-11-26-21(13-17)27-22(28)23(2,3)29-5/h6-14,24H,1-5H3,(H,26,27,28). The van der Waals surface area contributed by atoms with Crippen LogP contribution < -0.4 is 10.6 Å². The van der Waals surface area contributed by atoms with Crippen LogP contribution in [0.5, 0.6) is 0 Å². The number of rotatable bonds is 6. The molecule has 0 unspecified atom stereocenters. The maximum Gasteiger partial charge on any atom is 0.257 e. The van der Waals surface area contributed by atoms with Crippen LogP contribution in [0.2, 0.25) is 0 Å². The number of aromatic nitrogens is 2. The molecule has 2 aromatic heterocycles. The highest BCUT2D eigenvalue weighted by molar-refractivity contribution is 5.96. The molecule has 2 N–H and O–H groups in total. The molecular formula is C23H26N4O2. The van der Waals surface area contributed by atoms with Gasteiger partial charge in [0.25, 0.3) is 5.91 Å². The topological polar surface area (TPSA) is 76.1 Å². The Morgan fingerprint density at radius 1 is 1.00 bits per heavy atom. The SMILES string of the molecule is CNc1ccc(C)c(-c2ccnc(-c3ccnc(NC(=O)C(C)(C)OC)c3)c2)c1. The van der Waals surface area contributed by atoms with E-state index in [1.165, 1.54) is 12.7 Å². The predicted molar refractivity (Wildman–Crippen MR) is 117 cm³/mol. The molecule has 6 nitrogen and oxygen atoms in total. The fourth-order valence-corrected chi connectivity index (χ4v) is 2.86. The van der Waals surface area contributed by atoms with E-state index in [-0.39, 0.29) is 5.91 Å². The average molecular weight is 390 g/mol. The zero-order chi connectivity index (χ0) is 21.0. The zero-order valence-corrected chi connectivity index (χ0v) is 17.4. The van der Waals surface area contributed by atoms with Crippen LogP contribution in [0.15, 0.2) is 54.9 Å². The van der Waals surface area contributed by atoms with Crippen molar-refractivity contribution >= 4 is 17.4 Å². The van der Waals surface area contributed by atoms with Crippen LogP contribution in [0.4, 0.5) is 11.5 Å². The molecule has 0 saturated carbocycles. The van der Waals surface area contributed by atoms with Crippen LogP contribution in [0.25, 0.3) is 22.4 Å². The van der Waals surface area contributed by atoms with Crippen molar-refractivity contribution in [2.24, 2.45) is 0 Å². The Labute approximate surface area is 171 Å². The minimum atomic E-state index is -0.939. The summed E-state index contributed by atoms with van der Waals surface area (Å²) in [5.41, 5.74) is 5.20. The molecule has 0 spiro atoms. The molecule has 1 aromatic carbocycles. The van der Waals surface area contributed by atoms with Gasteiger partial charge in [-0.1, -0.05) is 6.07 Å². The third kappa shape index (κ3) is 4.60. The number of aryl methyl sites for hydroxylation is 1. The van der Waals surface area contributed by atoms with Crippen molar-refractivity contribution < 1.29 is 9.53 Å². The van der Waals surface area contributed by atoms with Gasteiger partial charge in [0.2, 0.25) is 0 Å². The number of carbonyl (C=O) groups excluding carboxylic acids is 1. The van der Waals surface area contributed by atoms with Gasteiger partial charge in [-0.05, 0) is 73.9 Å². The number of hydrogen-bond donors (Lipinski definition) is 2. The Hall–Kier alpha value is -3.25. The van der Waals surface area contributed by atoms with E-state index < -0.39 is 5.60 Å². The second-order valence-corrected chi connectivity index (χ2v) is 7.31. The van der Waals surface area contributed by atoms with Crippen molar-refractivity contribution in [3.63, 3.8) is 0 Å². The molecule has 6 heteroatoms. The number of anilines is 2. The van der Waals surface area contributed by atoms with Gasteiger partial charge in [0.15, 0.2) is 0 Å². The summed E-state index contributed by atoms with van der Waals surface area (Å²) in [6.45, 7) is 5.50. The van der Waals surface area contributed by atoms with Crippen molar-refractivity contribution in [2.75, 3.05) is 24.8 Å². The molecule has 150 valence electrons. The summed E-state index contributed by atoms with van der Waals surface area (Å²) in [5.74, 6) is 0.198. The highest BCUT2D eigenvalue weighted by atomic mass is 16.5. The van der Waals surface area contributed by atoms with Gasteiger partial charge in [-0.15, -0.1) is 0 Å². The second kappa shape index (κ2) is 8.41. The Kier molecular flexibility index (Phi) is 5.94. The molecule has 0 aliphatic rings. The van der Waals surface area contributed by atoms with Crippen LogP contribution in [0.3, 0.4) is 0 Å². The highest BCUT2D eigenvalue weighted by Crippen LogP contribution is 2.29. The summed E-state index contributed by atoms with van der Waals surface area (Å²) in [7, 11) is 3.41. The predicted octanol–water partition coefficient (Wildman–Crippen LogP) is 4.52. The first kappa shape index (κ1) is 20.5. The van der Waals surface area contributed by atoms with E-state index in [2.05, 4.69) is 45.7 Å². The molecule has 0 radical (unpaired) electrons. The molecule has 1 amide bonds. The molecular weight excluding hydrogens is 364 g/mol. The summed E-state index contributed by atoms with van der Waals surface area (Å²) >= 11 is 0. The van der Waals surface area contributed by atoms with Crippen LogP contribution in [0, 0.1) is 6.92 Å². The molecule has 0 bridgehead atoms. The van der Waals surface area contributed by atoms with Crippen molar-refractivity contribution in [2.45, 2.75) is 26.4 Å². The first-order valence-electron chi connectivity index (χ1n) is 9.42. The lowest BCUT2D eigenvalue weighted by Crippen LogP contribution is -2.39. The van der Waals surface area contributed by atoms with Gasteiger partial charge in [0.05, 0.1) is 5.69 Å². The number of methoxy groups -OCH3 is 1. The normalized spacial score (nSPS) is 11.2. The molecule has 0 aliphatic heterocycles.